The van der Waals surface area contributed by atoms with Crippen LogP contribution in [0.1, 0.15) is 33.4 Å². The van der Waals surface area contributed by atoms with Crippen molar-refractivity contribution in [2.24, 2.45) is 0 Å². The Morgan fingerprint density at radius 3 is 2.21 bits per heavy atom. The third kappa shape index (κ3) is 7.60. The molecule has 1 N–H and O–H groups in total. The lowest BCUT2D eigenvalue weighted by Crippen LogP contribution is -2.23. The lowest BCUT2D eigenvalue weighted by atomic mass is 10.1. The van der Waals surface area contributed by atoms with Crippen molar-refractivity contribution in [3.63, 3.8) is 0 Å². The molecule has 0 spiro atoms. The second-order valence-electron chi connectivity index (χ2n) is 9.86. The van der Waals surface area contributed by atoms with Gasteiger partial charge in [-0.05, 0) is 89.3 Å². The number of rotatable bonds is 11. The fourth-order valence-electron chi connectivity index (χ4n) is 4.69. The quantitative estimate of drug-likeness (QED) is 0.160. The summed E-state index contributed by atoms with van der Waals surface area (Å²) < 4.78 is 9.59. The van der Waals surface area contributed by atoms with Gasteiger partial charge in [-0.1, -0.05) is 72.6 Å². The molecule has 5 nitrogen and oxygen atoms in total. The molecule has 0 atom stereocenters. The van der Waals surface area contributed by atoms with Gasteiger partial charge in [0, 0.05) is 43.1 Å². The van der Waals surface area contributed by atoms with E-state index in [2.05, 4.69) is 70.1 Å². The highest BCUT2D eigenvalue weighted by Crippen LogP contribution is 2.31. The molecule has 0 amide bonds. The van der Waals surface area contributed by atoms with E-state index in [1.165, 1.54) is 11.1 Å². The van der Waals surface area contributed by atoms with Crippen LogP contribution < -0.4 is 14.4 Å². The van der Waals surface area contributed by atoms with E-state index in [0.717, 1.165) is 46.1 Å². The minimum atomic E-state index is 0.665. The summed E-state index contributed by atoms with van der Waals surface area (Å²) in [5.74, 6) is 1.57. The maximum Gasteiger partial charge on any atom is 0.128 e. The molecule has 208 valence electrons. The minimum Gasteiger partial charge on any atom is -0.457 e. The first-order valence-corrected chi connectivity index (χ1v) is 14.9. The van der Waals surface area contributed by atoms with E-state index in [1.54, 1.807) is 18.1 Å². The van der Waals surface area contributed by atoms with Crippen molar-refractivity contribution in [3.05, 3.63) is 149 Å². The van der Waals surface area contributed by atoms with Crippen LogP contribution >= 0.6 is 11.9 Å². The Labute approximate surface area is 252 Å². The average molecular weight is 569 g/mol. The van der Waals surface area contributed by atoms with Crippen molar-refractivity contribution >= 4 is 35.5 Å². The van der Waals surface area contributed by atoms with E-state index in [9.17, 15) is 5.26 Å². The minimum absolute atomic E-state index is 0.665. The Hall–Kier alpha value is -4.99. The van der Waals surface area contributed by atoms with Gasteiger partial charge in [0.15, 0.2) is 0 Å². The van der Waals surface area contributed by atoms with E-state index >= 15 is 0 Å². The maximum atomic E-state index is 9.21. The fraction of sp³-hybridized carbons (Fsp3) is 0.111. The van der Waals surface area contributed by atoms with E-state index in [-0.39, 0.29) is 0 Å². The van der Waals surface area contributed by atoms with Crippen LogP contribution in [0.15, 0.2) is 116 Å². The Kier molecular flexibility index (Phi) is 9.56. The number of benzene rings is 4. The fourth-order valence-corrected chi connectivity index (χ4v) is 5.13. The van der Waals surface area contributed by atoms with Crippen molar-refractivity contribution in [2.75, 3.05) is 15.9 Å². The van der Waals surface area contributed by atoms with Crippen LogP contribution in [0.5, 0.6) is 11.5 Å². The van der Waals surface area contributed by atoms with Crippen LogP contribution in [-0.2, 0) is 13.1 Å². The highest BCUT2D eigenvalue weighted by atomic mass is 32.2. The van der Waals surface area contributed by atoms with E-state index < -0.39 is 0 Å². The van der Waals surface area contributed by atoms with Gasteiger partial charge in [-0.3, -0.25) is 4.98 Å². The van der Waals surface area contributed by atoms with Gasteiger partial charge >= 0.3 is 0 Å². The van der Waals surface area contributed by atoms with E-state index in [1.807, 2.05) is 85.3 Å². The topological polar surface area (TPSA) is 61.2 Å². The van der Waals surface area contributed by atoms with Crippen LogP contribution in [0.2, 0.25) is 0 Å². The van der Waals surface area contributed by atoms with Crippen LogP contribution in [0.25, 0.3) is 12.2 Å². The summed E-state index contributed by atoms with van der Waals surface area (Å²) >= 11 is 1.59. The molecule has 1 heterocycles. The van der Waals surface area contributed by atoms with Gasteiger partial charge in [-0.15, -0.1) is 0 Å². The molecule has 0 saturated carbocycles. The number of nitrogens with zero attached hydrogens (tertiary/aromatic N) is 3. The summed E-state index contributed by atoms with van der Waals surface area (Å²) in [6, 6.07) is 36.6. The summed E-state index contributed by atoms with van der Waals surface area (Å²) in [6.07, 6.45) is 9.73. The molecule has 42 heavy (non-hydrogen) atoms. The summed E-state index contributed by atoms with van der Waals surface area (Å²) in [7, 11) is 0. The molecule has 0 aliphatic heterocycles. The molecule has 5 rings (SSSR count). The van der Waals surface area contributed by atoms with Gasteiger partial charge in [-0.2, -0.15) is 5.26 Å². The number of nitrogens with one attached hydrogen (secondary N) is 1. The summed E-state index contributed by atoms with van der Waals surface area (Å²) in [6.45, 7) is 3.59. The predicted molar refractivity (Wildman–Crippen MR) is 175 cm³/mol. The van der Waals surface area contributed by atoms with Gasteiger partial charge < -0.3 is 14.4 Å². The third-order valence-electron chi connectivity index (χ3n) is 6.86. The molecule has 0 saturated heterocycles. The highest BCUT2D eigenvalue weighted by Gasteiger charge is 2.14. The molecule has 4 aromatic carbocycles. The summed E-state index contributed by atoms with van der Waals surface area (Å²) in [4.78, 5) is 6.53. The van der Waals surface area contributed by atoms with Crippen molar-refractivity contribution in [1.82, 2.24) is 4.98 Å². The Morgan fingerprint density at radius 1 is 0.833 bits per heavy atom. The highest BCUT2D eigenvalue weighted by molar-refractivity contribution is 7.99. The summed E-state index contributed by atoms with van der Waals surface area (Å²) in [5, 5.41) is 9.21. The number of pyridine rings is 1. The van der Waals surface area contributed by atoms with E-state index in [0.29, 0.717) is 12.1 Å². The predicted octanol–water partition coefficient (Wildman–Crippen LogP) is 9.12. The van der Waals surface area contributed by atoms with Gasteiger partial charge in [0.1, 0.15) is 11.5 Å². The Balaban J connectivity index is 1.32. The van der Waals surface area contributed by atoms with Crippen molar-refractivity contribution in [2.45, 2.75) is 20.0 Å². The van der Waals surface area contributed by atoms with Crippen molar-refractivity contribution in [3.8, 4) is 17.6 Å². The molecule has 6 heteroatoms. The van der Waals surface area contributed by atoms with Crippen LogP contribution in [0, 0.1) is 18.3 Å². The molecule has 5 aromatic rings. The largest absolute Gasteiger partial charge is 0.457 e. The van der Waals surface area contributed by atoms with E-state index in [4.69, 9.17) is 4.74 Å². The number of hydrogen-bond acceptors (Lipinski definition) is 6. The van der Waals surface area contributed by atoms with Crippen LogP contribution in [0.4, 0.5) is 11.4 Å². The number of aromatic nitrogens is 1. The average Bonchev–Trinajstić information content (AvgIpc) is 3.03. The first-order chi connectivity index (χ1) is 20.6. The normalized spacial score (nSPS) is 10.8. The number of anilines is 2. The second kappa shape index (κ2) is 14.1. The summed E-state index contributed by atoms with van der Waals surface area (Å²) in [5.41, 5.74) is 8.55. The molecule has 0 unspecified atom stereocenters. The second-order valence-corrected chi connectivity index (χ2v) is 10.5. The van der Waals surface area contributed by atoms with Crippen molar-refractivity contribution in [1.29, 1.82) is 5.26 Å². The van der Waals surface area contributed by atoms with Crippen LogP contribution in [0.3, 0.4) is 0 Å². The molecule has 0 fully saturated rings. The van der Waals surface area contributed by atoms with Gasteiger partial charge in [0.2, 0.25) is 0 Å². The van der Waals surface area contributed by atoms with Gasteiger partial charge in [-0.25, -0.2) is 0 Å². The molecule has 0 aliphatic carbocycles. The zero-order valence-corrected chi connectivity index (χ0v) is 24.5. The lowest BCUT2D eigenvalue weighted by molar-refractivity contribution is 0.482. The van der Waals surface area contributed by atoms with Crippen LogP contribution in [-0.4, -0.2) is 11.2 Å². The first-order valence-electron chi connectivity index (χ1n) is 13.7. The molecule has 0 bridgehead atoms. The molecular formula is C36H32N4OS. The van der Waals surface area contributed by atoms with Crippen molar-refractivity contribution < 1.29 is 4.74 Å². The lowest BCUT2D eigenvalue weighted by Gasteiger charge is -2.28. The van der Waals surface area contributed by atoms with Gasteiger partial charge in [0.05, 0.1) is 11.6 Å². The third-order valence-corrected chi connectivity index (χ3v) is 7.28. The molecule has 1 aromatic heterocycles. The van der Waals surface area contributed by atoms with Gasteiger partial charge in [0.25, 0.3) is 0 Å². The molecule has 0 radical (unpaired) electrons. The zero-order valence-electron chi connectivity index (χ0n) is 23.7. The standard InChI is InChI=1S/C36H32N4OS/c1-27-35(39-42-2)9-4-10-36(27)40(25-31-15-12-29(23-37)13-16-31)26-32-17-19-33(20-18-32)41-34-8-3-6-28(22-34)11-14-30-7-5-21-38-24-30/h3-22,24,39H,25-26H2,1-2H3/b14-11+. The Bertz CT molecular complexity index is 1680. The Morgan fingerprint density at radius 2 is 1.52 bits per heavy atom. The zero-order chi connectivity index (χ0) is 29.1. The first kappa shape index (κ1) is 28.5. The smallest absolute Gasteiger partial charge is 0.128 e. The molecular weight excluding hydrogens is 536 g/mol. The number of nitriles is 1. The number of ether oxygens (including phenoxy) is 1. The SMILES string of the molecule is CSNc1cccc(N(Cc2ccc(C#N)cc2)Cc2ccc(Oc3cccc(/C=C/c4cccnc4)c3)cc2)c1C. The maximum absolute atomic E-state index is 9.21. The monoisotopic (exact) mass is 568 g/mol. The number of hydrogen-bond donors (Lipinski definition) is 1. The molecule has 0 aliphatic rings.